The number of aliphatic imine (C=N–C) groups is 1. The van der Waals surface area contributed by atoms with Crippen LogP contribution in [0.3, 0.4) is 0 Å². The molecule has 0 fully saturated rings. The molecule has 1 aliphatic heterocycles. The van der Waals surface area contributed by atoms with Crippen molar-refractivity contribution in [1.82, 2.24) is 10.2 Å². The van der Waals surface area contributed by atoms with E-state index in [1.54, 1.807) is 0 Å². The molecule has 0 saturated carbocycles. The van der Waals surface area contributed by atoms with Gasteiger partial charge in [-0.3, -0.25) is 4.99 Å². The zero-order chi connectivity index (χ0) is 8.97. The summed E-state index contributed by atoms with van der Waals surface area (Å²) in [6.45, 7) is 4.16. The summed E-state index contributed by atoms with van der Waals surface area (Å²) in [5, 5.41) is 4.45. The van der Waals surface area contributed by atoms with Crippen molar-refractivity contribution in [3.05, 3.63) is 0 Å². The van der Waals surface area contributed by atoms with Gasteiger partial charge in [-0.05, 0) is 21.0 Å². The molecule has 0 aromatic rings. The van der Waals surface area contributed by atoms with Crippen molar-refractivity contribution in [3.63, 3.8) is 0 Å². The number of nitrogens with zero attached hydrogens (tertiary/aromatic N) is 2. The van der Waals surface area contributed by atoms with Crippen molar-refractivity contribution in [1.29, 1.82) is 0 Å². The third kappa shape index (κ3) is 3.03. The predicted octanol–water partition coefficient (Wildman–Crippen LogP) is 0.629. The van der Waals surface area contributed by atoms with Crippen LogP contribution in [0, 0.1) is 0 Å². The maximum atomic E-state index is 4.32. The molecule has 0 spiro atoms. The molecule has 12 heavy (non-hydrogen) atoms. The lowest BCUT2D eigenvalue weighted by Crippen LogP contribution is -2.36. The molecule has 0 aliphatic carbocycles. The van der Waals surface area contributed by atoms with E-state index < -0.39 is 0 Å². The zero-order valence-corrected chi connectivity index (χ0v) is 8.82. The molecule has 0 bridgehead atoms. The highest BCUT2D eigenvalue weighted by Gasteiger charge is 2.08. The van der Waals surface area contributed by atoms with E-state index in [1.165, 1.54) is 0 Å². The quantitative estimate of drug-likeness (QED) is 0.702. The normalized spacial score (nSPS) is 19.5. The highest BCUT2D eigenvalue weighted by Crippen LogP contribution is 2.08. The summed E-state index contributed by atoms with van der Waals surface area (Å²) in [5.74, 6) is 1.14. The highest BCUT2D eigenvalue weighted by atomic mass is 32.2. The van der Waals surface area contributed by atoms with Crippen molar-refractivity contribution in [2.75, 3.05) is 32.9 Å². The number of amidine groups is 1. The van der Waals surface area contributed by atoms with Gasteiger partial charge in [0.15, 0.2) is 5.17 Å². The molecular weight excluding hydrogens is 170 g/mol. The molecule has 1 aliphatic rings. The number of hydrogen-bond donors (Lipinski definition) is 1. The molecule has 1 unspecified atom stereocenters. The Labute approximate surface area is 78.6 Å². The van der Waals surface area contributed by atoms with Crippen LogP contribution in [0.4, 0.5) is 0 Å². The first-order valence-electron chi connectivity index (χ1n) is 4.27. The van der Waals surface area contributed by atoms with Crippen LogP contribution in [0.5, 0.6) is 0 Å². The molecule has 1 heterocycles. The number of nitrogens with one attached hydrogen (secondary N) is 1. The minimum Gasteiger partial charge on any atom is -0.363 e. The van der Waals surface area contributed by atoms with E-state index >= 15 is 0 Å². The minimum absolute atomic E-state index is 0.564. The van der Waals surface area contributed by atoms with Crippen molar-refractivity contribution in [2.45, 2.75) is 13.0 Å². The Kier molecular flexibility index (Phi) is 3.88. The van der Waals surface area contributed by atoms with E-state index in [-0.39, 0.29) is 0 Å². The van der Waals surface area contributed by atoms with Gasteiger partial charge in [0.1, 0.15) is 0 Å². The SMILES string of the molecule is CC(CNC1=NCCS1)N(C)C. The lowest BCUT2D eigenvalue weighted by molar-refractivity contribution is 0.313. The van der Waals surface area contributed by atoms with Gasteiger partial charge >= 0.3 is 0 Å². The Bertz CT molecular complexity index is 168. The van der Waals surface area contributed by atoms with Gasteiger partial charge in [0.05, 0.1) is 6.54 Å². The van der Waals surface area contributed by atoms with E-state index in [9.17, 15) is 0 Å². The van der Waals surface area contributed by atoms with Crippen LogP contribution in [0.2, 0.25) is 0 Å². The highest BCUT2D eigenvalue weighted by molar-refractivity contribution is 8.14. The van der Waals surface area contributed by atoms with Crippen LogP contribution >= 0.6 is 11.8 Å². The van der Waals surface area contributed by atoms with Crippen LogP contribution in [-0.2, 0) is 0 Å². The first-order valence-corrected chi connectivity index (χ1v) is 5.26. The summed E-state index contributed by atoms with van der Waals surface area (Å²) >= 11 is 1.82. The molecule has 0 radical (unpaired) electrons. The van der Waals surface area contributed by atoms with Gasteiger partial charge in [0.25, 0.3) is 0 Å². The predicted molar refractivity (Wildman–Crippen MR) is 55.9 cm³/mol. The summed E-state index contributed by atoms with van der Waals surface area (Å²) < 4.78 is 0. The summed E-state index contributed by atoms with van der Waals surface area (Å²) in [7, 11) is 4.19. The molecule has 3 nitrogen and oxygen atoms in total. The van der Waals surface area contributed by atoms with Gasteiger partial charge < -0.3 is 10.2 Å². The number of rotatable bonds is 3. The first kappa shape index (κ1) is 9.86. The number of likely N-dealkylation sites (N-methyl/N-ethyl adjacent to an activating group) is 1. The van der Waals surface area contributed by atoms with E-state index in [0.29, 0.717) is 6.04 Å². The van der Waals surface area contributed by atoms with Crippen LogP contribution in [-0.4, -0.2) is 49.0 Å². The third-order valence-electron chi connectivity index (χ3n) is 2.02. The Hall–Kier alpha value is -0.220. The van der Waals surface area contributed by atoms with Crippen LogP contribution < -0.4 is 5.32 Å². The first-order chi connectivity index (χ1) is 5.70. The number of thioether (sulfide) groups is 1. The molecule has 1 atom stereocenters. The van der Waals surface area contributed by atoms with Gasteiger partial charge in [-0.25, -0.2) is 0 Å². The van der Waals surface area contributed by atoms with Crippen molar-refractivity contribution in [2.24, 2.45) is 4.99 Å². The standard InChI is InChI=1S/C8H17N3S/c1-7(11(2)3)6-10-8-9-4-5-12-8/h7H,4-6H2,1-3H3,(H,9,10). The minimum atomic E-state index is 0.564. The molecular formula is C8H17N3S. The third-order valence-corrected chi connectivity index (χ3v) is 2.95. The lowest BCUT2D eigenvalue weighted by Gasteiger charge is -2.20. The Morgan fingerprint density at radius 2 is 2.42 bits per heavy atom. The molecule has 4 heteroatoms. The molecule has 70 valence electrons. The van der Waals surface area contributed by atoms with E-state index in [0.717, 1.165) is 24.0 Å². The molecule has 1 N–H and O–H groups in total. The zero-order valence-electron chi connectivity index (χ0n) is 8.00. The molecule has 0 saturated heterocycles. The van der Waals surface area contributed by atoms with Gasteiger partial charge in [-0.15, -0.1) is 0 Å². The largest absolute Gasteiger partial charge is 0.363 e. The topological polar surface area (TPSA) is 27.6 Å². The Morgan fingerprint density at radius 3 is 2.92 bits per heavy atom. The average molecular weight is 187 g/mol. The fourth-order valence-electron chi connectivity index (χ4n) is 0.860. The molecule has 0 amide bonds. The fraction of sp³-hybridized carbons (Fsp3) is 0.875. The Balaban J connectivity index is 2.16. The molecule has 0 aromatic heterocycles. The summed E-state index contributed by atoms with van der Waals surface area (Å²) in [6.07, 6.45) is 0. The van der Waals surface area contributed by atoms with Crippen LogP contribution in [0.15, 0.2) is 4.99 Å². The summed E-state index contributed by atoms with van der Waals surface area (Å²) in [4.78, 5) is 6.52. The second-order valence-corrected chi connectivity index (χ2v) is 4.31. The second kappa shape index (κ2) is 4.72. The van der Waals surface area contributed by atoms with Crippen molar-refractivity contribution in [3.8, 4) is 0 Å². The summed E-state index contributed by atoms with van der Waals surface area (Å²) in [6, 6.07) is 0.564. The van der Waals surface area contributed by atoms with Crippen LogP contribution in [0.1, 0.15) is 6.92 Å². The number of hydrogen-bond acceptors (Lipinski definition) is 4. The van der Waals surface area contributed by atoms with E-state index in [2.05, 4.69) is 36.2 Å². The van der Waals surface area contributed by atoms with Gasteiger partial charge in [-0.2, -0.15) is 0 Å². The van der Waals surface area contributed by atoms with Gasteiger partial charge in [0, 0.05) is 18.3 Å². The monoisotopic (exact) mass is 187 g/mol. The average Bonchev–Trinajstić information content (AvgIpc) is 2.51. The Morgan fingerprint density at radius 1 is 1.67 bits per heavy atom. The van der Waals surface area contributed by atoms with Crippen molar-refractivity contribution < 1.29 is 0 Å². The smallest absolute Gasteiger partial charge is 0.156 e. The maximum Gasteiger partial charge on any atom is 0.156 e. The van der Waals surface area contributed by atoms with Gasteiger partial charge in [-0.1, -0.05) is 11.8 Å². The van der Waals surface area contributed by atoms with E-state index in [1.807, 2.05) is 11.8 Å². The van der Waals surface area contributed by atoms with E-state index in [4.69, 9.17) is 0 Å². The fourth-order valence-corrected chi connectivity index (χ4v) is 1.60. The van der Waals surface area contributed by atoms with Crippen LogP contribution in [0.25, 0.3) is 0 Å². The lowest BCUT2D eigenvalue weighted by atomic mass is 10.3. The molecule has 0 aromatic carbocycles. The second-order valence-electron chi connectivity index (χ2n) is 3.23. The molecule has 1 rings (SSSR count). The van der Waals surface area contributed by atoms with Crippen molar-refractivity contribution >= 4 is 16.9 Å². The summed E-state index contributed by atoms with van der Waals surface area (Å²) in [5.41, 5.74) is 0. The van der Waals surface area contributed by atoms with Gasteiger partial charge in [0.2, 0.25) is 0 Å². The maximum absolute atomic E-state index is 4.32.